The lowest BCUT2D eigenvalue weighted by Crippen LogP contribution is -2.26. The van der Waals surface area contributed by atoms with E-state index in [4.69, 9.17) is 20.6 Å². The van der Waals surface area contributed by atoms with Gasteiger partial charge in [0, 0.05) is 22.8 Å². The number of nitrogens with zero attached hydrogens (tertiary/aromatic N) is 2. The van der Waals surface area contributed by atoms with Gasteiger partial charge in [-0.3, -0.25) is 15.3 Å². The lowest BCUT2D eigenvalue weighted by Gasteiger charge is -2.14. The Morgan fingerprint density at radius 3 is 2.81 bits per heavy atom. The van der Waals surface area contributed by atoms with Crippen LogP contribution in [0.15, 0.2) is 60.8 Å². The normalized spacial score (nSPS) is 16.4. The van der Waals surface area contributed by atoms with Gasteiger partial charge in [0.25, 0.3) is 0 Å². The monoisotopic (exact) mass is 362 g/mol. The number of nitrogens with one attached hydrogen (secondary N) is 1. The summed E-state index contributed by atoms with van der Waals surface area (Å²) in [6.07, 6.45) is 0.941. The number of benzene rings is 2. The Morgan fingerprint density at radius 2 is 2.04 bits per heavy atom. The number of aromatic nitrogens is 1. The summed E-state index contributed by atoms with van der Waals surface area (Å²) in [5.41, 5.74) is 7.61. The number of fused-ring (bicyclic) bond motifs is 1. The Labute approximate surface area is 155 Å². The third-order valence-electron chi connectivity index (χ3n) is 4.39. The second kappa shape index (κ2) is 6.95. The summed E-state index contributed by atoms with van der Waals surface area (Å²) < 4.78 is 11.3. The molecular formula is C20H18N4O3. The van der Waals surface area contributed by atoms with Crippen molar-refractivity contribution in [3.05, 3.63) is 66.4 Å². The lowest BCUT2D eigenvalue weighted by molar-refractivity contribution is 0.105. The minimum absolute atomic E-state index is 0.0126. The van der Waals surface area contributed by atoms with E-state index in [0.717, 1.165) is 10.9 Å². The van der Waals surface area contributed by atoms with Gasteiger partial charge in [-0.2, -0.15) is 0 Å². The van der Waals surface area contributed by atoms with Gasteiger partial charge in [-0.05, 0) is 48.5 Å². The molecule has 0 saturated carbocycles. The molecule has 1 amide bonds. The van der Waals surface area contributed by atoms with Crippen molar-refractivity contribution in [3.63, 3.8) is 0 Å². The van der Waals surface area contributed by atoms with Gasteiger partial charge >= 0.3 is 6.09 Å². The summed E-state index contributed by atoms with van der Waals surface area (Å²) >= 11 is 0. The number of nitrogens with two attached hydrogens (primary N) is 1. The molecular weight excluding hydrogens is 344 g/mol. The fourth-order valence-corrected chi connectivity index (χ4v) is 3.02. The van der Waals surface area contributed by atoms with Gasteiger partial charge in [0.1, 0.15) is 18.2 Å². The van der Waals surface area contributed by atoms with Crippen LogP contribution in [0.25, 0.3) is 10.9 Å². The highest BCUT2D eigenvalue weighted by atomic mass is 16.6. The number of carbonyl (C=O) groups is 1. The minimum atomic E-state index is -0.418. The average molecular weight is 362 g/mol. The fourth-order valence-electron chi connectivity index (χ4n) is 3.02. The van der Waals surface area contributed by atoms with E-state index in [1.165, 1.54) is 0 Å². The molecule has 2 heterocycles. The summed E-state index contributed by atoms with van der Waals surface area (Å²) in [7, 11) is 0. The summed E-state index contributed by atoms with van der Waals surface area (Å²) in [6.45, 7) is 0.642. The molecule has 0 radical (unpaired) electrons. The molecule has 27 heavy (non-hydrogen) atoms. The van der Waals surface area contributed by atoms with Crippen LogP contribution in [0, 0.1) is 5.41 Å². The van der Waals surface area contributed by atoms with Crippen molar-refractivity contribution >= 4 is 28.5 Å². The van der Waals surface area contributed by atoms with Crippen molar-refractivity contribution in [2.45, 2.75) is 6.10 Å². The highest BCUT2D eigenvalue weighted by Crippen LogP contribution is 2.26. The molecule has 1 unspecified atom stereocenters. The van der Waals surface area contributed by atoms with Crippen molar-refractivity contribution in [2.24, 2.45) is 5.73 Å². The molecule has 0 bridgehead atoms. The third-order valence-corrected chi connectivity index (χ3v) is 4.39. The highest BCUT2D eigenvalue weighted by molar-refractivity contribution is 5.96. The Morgan fingerprint density at radius 1 is 1.22 bits per heavy atom. The summed E-state index contributed by atoms with van der Waals surface area (Å²) in [4.78, 5) is 18.1. The van der Waals surface area contributed by atoms with Crippen LogP contribution in [0.3, 0.4) is 0 Å². The van der Waals surface area contributed by atoms with E-state index in [1.54, 1.807) is 35.4 Å². The van der Waals surface area contributed by atoms with Gasteiger partial charge in [0.2, 0.25) is 0 Å². The molecule has 3 aromatic rings. The number of amides is 1. The zero-order chi connectivity index (χ0) is 18.8. The van der Waals surface area contributed by atoms with Gasteiger partial charge in [-0.15, -0.1) is 0 Å². The second-order valence-electron chi connectivity index (χ2n) is 6.21. The van der Waals surface area contributed by atoms with Crippen molar-refractivity contribution in [1.29, 1.82) is 5.41 Å². The number of ether oxygens (including phenoxy) is 2. The molecule has 2 aromatic carbocycles. The molecule has 1 aliphatic heterocycles. The van der Waals surface area contributed by atoms with Crippen molar-refractivity contribution in [2.75, 3.05) is 18.1 Å². The smallest absolute Gasteiger partial charge is 0.414 e. The van der Waals surface area contributed by atoms with E-state index in [2.05, 4.69) is 4.98 Å². The standard InChI is InChI=1S/C20H18N4O3/c21-19(22)13-6-8-14(9-7-13)24-11-15(27-20(24)25)12-26-18-5-1-4-17-16(18)3-2-10-23-17/h1-10,15H,11-12H2,(H3,21,22). The molecule has 0 aliphatic carbocycles. The van der Waals surface area contributed by atoms with Gasteiger partial charge in [-0.25, -0.2) is 4.79 Å². The van der Waals surface area contributed by atoms with Gasteiger partial charge in [0.15, 0.2) is 6.10 Å². The Kier molecular flexibility index (Phi) is 4.33. The number of nitrogen functional groups attached to an aromatic ring is 1. The molecule has 1 aliphatic rings. The number of pyridine rings is 1. The molecule has 7 nitrogen and oxygen atoms in total. The van der Waals surface area contributed by atoms with Crippen LogP contribution in [-0.2, 0) is 4.74 Å². The Balaban J connectivity index is 1.44. The first-order valence-corrected chi connectivity index (χ1v) is 8.51. The number of amidine groups is 1. The highest BCUT2D eigenvalue weighted by Gasteiger charge is 2.32. The number of cyclic esters (lactones) is 1. The van der Waals surface area contributed by atoms with Gasteiger partial charge in [0.05, 0.1) is 12.1 Å². The molecule has 1 fully saturated rings. The molecule has 0 spiro atoms. The maximum Gasteiger partial charge on any atom is 0.414 e. The first kappa shape index (κ1) is 16.8. The number of anilines is 1. The third kappa shape index (κ3) is 3.39. The number of rotatable bonds is 5. The summed E-state index contributed by atoms with van der Waals surface area (Å²) in [5.74, 6) is 0.697. The van der Waals surface area contributed by atoms with Gasteiger partial charge < -0.3 is 15.2 Å². The number of carbonyl (C=O) groups excluding carboxylic acids is 1. The molecule has 136 valence electrons. The van der Waals surface area contributed by atoms with Gasteiger partial charge in [-0.1, -0.05) is 6.07 Å². The summed E-state index contributed by atoms with van der Waals surface area (Å²) in [5, 5.41) is 8.35. The predicted octanol–water partition coefficient (Wildman–Crippen LogP) is 2.92. The van der Waals surface area contributed by atoms with Crippen LogP contribution < -0.4 is 15.4 Å². The van der Waals surface area contributed by atoms with Crippen LogP contribution in [0.5, 0.6) is 5.75 Å². The zero-order valence-electron chi connectivity index (χ0n) is 14.5. The number of hydrogen-bond acceptors (Lipinski definition) is 5. The average Bonchev–Trinajstić information content (AvgIpc) is 3.07. The molecule has 7 heteroatoms. The Hall–Kier alpha value is -3.61. The molecule has 3 N–H and O–H groups in total. The molecule has 1 aromatic heterocycles. The molecule has 1 saturated heterocycles. The van der Waals surface area contributed by atoms with Crippen molar-refractivity contribution < 1.29 is 14.3 Å². The number of hydrogen-bond donors (Lipinski definition) is 2. The van der Waals surface area contributed by atoms with Crippen molar-refractivity contribution in [3.8, 4) is 5.75 Å². The van der Waals surface area contributed by atoms with Crippen LogP contribution in [0.4, 0.5) is 10.5 Å². The fraction of sp³-hybridized carbons (Fsp3) is 0.150. The quantitative estimate of drug-likeness (QED) is 0.537. The maximum atomic E-state index is 12.2. The van der Waals surface area contributed by atoms with Crippen LogP contribution in [-0.4, -0.2) is 36.2 Å². The van der Waals surface area contributed by atoms with E-state index in [0.29, 0.717) is 23.5 Å². The zero-order valence-corrected chi connectivity index (χ0v) is 14.5. The first-order valence-electron chi connectivity index (χ1n) is 8.51. The van der Waals surface area contributed by atoms with Crippen LogP contribution in [0.2, 0.25) is 0 Å². The van der Waals surface area contributed by atoms with Crippen LogP contribution in [0.1, 0.15) is 5.56 Å². The SMILES string of the molecule is N=C(N)c1ccc(N2CC(COc3cccc4ncccc34)OC2=O)cc1. The largest absolute Gasteiger partial charge is 0.489 e. The lowest BCUT2D eigenvalue weighted by atomic mass is 10.2. The first-order chi connectivity index (χ1) is 13.1. The maximum absolute atomic E-state index is 12.2. The second-order valence-corrected chi connectivity index (χ2v) is 6.21. The van der Waals surface area contributed by atoms with E-state index < -0.39 is 6.09 Å². The predicted molar refractivity (Wildman–Crippen MR) is 102 cm³/mol. The minimum Gasteiger partial charge on any atom is -0.489 e. The molecule has 4 rings (SSSR count). The van der Waals surface area contributed by atoms with E-state index >= 15 is 0 Å². The molecule has 1 atom stereocenters. The Bertz CT molecular complexity index is 998. The van der Waals surface area contributed by atoms with E-state index in [-0.39, 0.29) is 18.5 Å². The van der Waals surface area contributed by atoms with Crippen LogP contribution >= 0.6 is 0 Å². The van der Waals surface area contributed by atoms with E-state index in [9.17, 15) is 4.79 Å². The topological polar surface area (TPSA) is 102 Å². The summed E-state index contributed by atoms with van der Waals surface area (Å²) in [6, 6.07) is 16.4. The van der Waals surface area contributed by atoms with E-state index in [1.807, 2.05) is 30.3 Å². The van der Waals surface area contributed by atoms with Crippen molar-refractivity contribution in [1.82, 2.24) is 4.98 Å².